The summed E-state index contributed by atoms with van der Waals surface area (Å²) >= 11 is 11.9. The molecule has 18 heavy (non-hydrogen) atoms. The number of carbonyl (C=O) groups excluding carboxylic acids is 1. The lowest BCUT2D eigenvalue weighted by Gasteiger charge is -2.16. The Kier molecular flexibility index (Phi) is 6.65. The molecule has 3 nitrogen and oxygen atoms in total. The molecule has 0 amide bonds. The van der Waals surface area contributed by atoms with Crippen molar-refractivity contribution in [2.75, 3.05) is 13.2 Å². The van der Waals surface area contributed by atoms with Gasteiger partial charge >= 0.3 is 0 Å². The van der Waals surface area contributed by atoms with Crippen LogP contribution in [0.25, 0.3) is 0 Å². The number of rotatable bonds is 7. The molecule has 0 spiro atoms. The number of carbonyl (C=O) groups is 1. The third kappa shape index (κ3) is 4.25. The fraction of sp³-hybridized carbons (Fsp3) is 0.462. The van der Waals surface area contributed by atoms with Gasteiger partial charge in [-0.1, -0.05) is 29.3 Å². The van der Waals surface area contributed by atoms with Crippen LogP contribution < -0.4 is 0 Å². The third-order valence-corrected chi connectivity index (χ3v) is 3.13. The highest BCUT2D eigenvalue weighted by Gasteiger charge is 2.18. The maximum absolute atomic E-state index is 12.1. The molecule has 0 N–H and O–H groups in total. The minimum absolute atomic E-state index is 0.127. The van der Waals surface area contributed by atoms with Gasteiger partial charge in [-0.15, -0.1) is 0 Å². The SMILES string of the molecule is CCOC(CC(=O)c1cccc(Cl)c1Cl)OCC. The summed E-state index contributed by atoms with van der Waals surface area (Å²) in [6.07, 6.45) is -0.413. The quantitative estimate of drug-likeness (QED) is 0.563. The summed E-state index contributed by atoms with van der Waals surface area (Å²) in [4.78, 5) is 12.1. The van der Waals surface area contributed by atoms with Crippen LogP contribution in [0.4, 0.5) is 0 Å². The summed E-state index contributed by atoms with van der Waals surface area (Å²) in [5, 5.41) is 0.641. The normalized spacial score (nSPS) is 10.9. The van der Waals surface area contributed by atoms with Crippen molar-refractivity contribution in [3.05, 3.63) is 33.8 Å². The second kappa shape index (κ2) is 7.74. The first-order valence-corrected chi connectivity index (χ1v) is 6.56. The van der Waals surface area contributed by atoms with Crippen LogP contribution >= 0.6 is 23.2 Å². The van der Waals surface area contributed by atoms with E-state index in [1.807, 2.05) is 13.8 Å². The van der Waals surface area contributed by atoms with E-state index in [-0.39, 0.29) is 17.2 Å². The minimum Gasteiger partial charge on any atom is -0.352 e. The number of Topliss-reactive ketones (excluding diaryl/α,β-unsaturated/α-hetero) is 1. The molecular formula is C13H16Cl2O3. The largest absolute Gasteiger partial charge is 0.352 e. The second-order valence-electron chi connectivity index (χ2n) is 3.57. The lowest BCUT2D eigenvalue weighted by atomic mass is 10.1. The smallest absolute Gasteiger partial charge is 0.169 e. The number of halogens is 2. The molecule has 1 aromatic rings. The maximum atomic E-state index is 12.1. The Labute approximate surface area is 117 Å². The molecule has 0 unspecified atom stereocenters. The molecule has 0 fully saturated rings. The number of ketones is 1. The molecule has 0 aliphatic rings. The molecule has 1 aromatic carbocycles. The zero-order chi connectivity index (χ0) is 13.5. The van der Waals surface area contributed by atoms with Crippen molar-refractivity contribution in [2.24, 2.45) is 0 Å². The average Bonchev–Trinajstić information content (AvgIpc) is 2.33. The fourth-order valence-electron chi connectivity index (χ4n) is 1.52. The van der Waals surface area contributed by atoms with Crippen molar-refractivity contribution in [3.63, 3.8) is 0 Å². The van der Waals surface area contributed by atoms with Crippen molar-refractivity contribution in [3.8, 4) is 0 Å². The van der Waals surface area contributed by atoms with Crippen LogP contribution in [-0.2, 0) is 9.47 Å². The number of benzene rings is 1. The predicted octanol–water partition coefficient (Wildman–Crippen LogP) is 3.97. The number of ether oxygens (including phenoxy) is 2. The van der Waals surface area contributed by atoms with Crippen LogP contribution in [-0.4, -0.2) is 25.3 Å². The molecule has 0 saturated heterocycles. The van der Waals surface area contributed by atoms with Gasteiger partial charge in [0.1, 0.15) is 0 Å². The summed E-state index contributed by atoms with van der Waals surface area (Å²) in [5.41, 5.74) is 0.397. The molecule has 0 heterocycles. The summed E-state index contributed by atoms with van der Waals surface area (Å²) in [6, 6.07) is 4.98. The van der Waals surface area contributed by atoms with E-state index in [2.05, 4.69) is 0 Å². The van der Waals surface area contributed by atoms with E-state index in [0.717, 1.165) is 0 Å². The molecule has 0 radical (unpaired) electrons. The zero-order valence-corrected chi connectivity index (χ0v) is 11.9. The highest BCUT2D eigenvalue weighted by Crippen LogP contribution is 2.26. The van der Waals surface area contributed by atoms with Crippen LogP contribution in [0, 0.1) is 0 Å². The van der Waals surface area contributed by atoms with E-state index in [1.165, 1.54) is 0 Å². The van der Waals surface area contributed by atoms with Crippen LogP contribution in [0.5, 0.6) is 0 Å². The molecule has 0 bridgehead atoms. The van der Waals surface area contributed by atoms with Gasteiger partial charge in [-0.25, -0.2) is 0 Å². The second-order valence-corrected chi connectivity index (χ2v) is 4.35. The van der Waals surface area contributed by atoms with E-state index >= 15 is 0 Å². The molecule has 0 aliphatic heterocycles. The van der Waals surface area contributed by atoms with Crippen molar-refractivity contribution in [2.45, 2.75) is 26.6 Å². The van der Waals surface area contributed by atoms with Gasteiger partial charge in [0.25, 0.3) is 0 Å². The van der Waals surface area contributed by atoms with E-state index in [4.69, 9.17) is 32.7 Å². The molecule has 0 atom stereocenters. The Morgan fingerprint density at radius 2 is 1.83 bits per heavy atom. The summed E-state index contributed by atoms with van der Waals surface area (Å²) in [7, 11) is 0. The van der Waals surface area contributed by atoms with Gasteiger partial charge < -0.3 is 9.47 Å². The highest BCUT2D eigenvalue weighted by molar-refractivity contribution is 6.43. The van der Waals surface area contributed by atoms with Crippen LogP contribution in [0.15, 0.2) is 18.2 Å². The molecule has 5 heteroatoms. The van der Waals surface area contributed by atoms with Crippen molar-refractivity contribution >= 4 is 29.0 Å². The Morgan fingerprint density at radius 1 is 1.22 bits per heavy atom. The summed E-state index contributed by atoms with van der Waals surface area (Å²) in [5.74, 6) is -0.144. The van der Waals surface area contributed by atoms with Gasteiger partial charge in [0.15, 0.2) is 12.1 Å². The minimum atomic E-state index is -0.539. The topological polar surface area (TPSA) is 35.5 Å². The van der Waals surface area contributed by atoms with Gasteiger partial charge in [-0.05, 0) is 26.0 Å². The summed E-state index contributed by atoms with van der Waals surface area (Å²) < 4.78 is 10.7. The van der Waals surface area contributed by atoms with Crippen molar-refractivity contribution in [1.82, 2.24) is 0 Å². The van der Waals surface area contributed by atoms with E-state index in [1.54, 1.807) is 18.2 Å². The van der Waals surface area contributed by atoms with Gasteiger partial charge in [-0.2, -0.15) is 0 Å². The fourth-order valence-corrected chi connectivity index (χ4v) is 1.92. The van der Waals surface area contributed by atoms with Gasteiger partial charge in [0, 0.05) is 18.8 Å². The molecular weight excluding hydrogens is 275 g/mol. The molecule has 0 aromatic heterocycles. The van der Waals surface area contributed by atoms with Crippen LogP contribution in [0.3, 0.4) is 0 Å². The first kappa shape index (κ1) is 15.4. The van der Waals surface area contributed by atoms with Crippen molar-refractivity contribution < 1.29 is 14.3 Å². The van der Waals surface area contributed by atoms with Crippen molar-refractivity contribution in [1.29, 1.82) is 0 Å². The summed E-state index contributed by atoms with van der Waals surface area (Å²) in [6.45, 7) is 4.67. The standard InChI is InChI=1S/C13H16Cl2O3/c1-3-17-12(18-4-2)8-11(16)9-6-5-7-10(14)13(9)15/h5-7,12H,3-4,8H2,1-2H3. The van der Waals surface area contributed by atoms with E-state index in [0.29, 0.717) is 23.8 Å². The molecule has 100 valence electrons. The predicted molar refractivity (Wildman–Crippen MR) is 72.4 cm³/mol. The Hall–Kier alpha value is -0.610. The van der Waals surface area contributed by atoms with Gasteiger partial charge in [0.2, 0.25) is 0 Å². The molecule has 0 aliphatic carbocycles. The highest BCUT2D eigenvalue weighted by atomic mass is 35.5. The lowest BCUT2D eigenvalue weighted by molar-refractivity contribution is -0.133. The first-order valence-electron chi connectivity index (χ1n) is 5.80. The Balaban J connectivity index is 2.77. The number of hydrogen-bond donors (Lipinski definition) is 0. The van der Waals surface area contributed by atoms with E-state index in [9.17, 15) is 4.79 Å². The van der Waals surface area contributed by atoms with E-state index < -0.39 is 6.29 Å². The van der Waals surface area contributed by atoms with Gasteiger partial charge in [0.05, 0.1) is 16.5 Å². The third-order valence-electron chi connectivity index (χ3n) is 2.31. The average molecular weight is 291 g/mol. The van der Waals surface area contributed by atoms with Gasteiger partial charge in [-0.3, -0.25) is 4.79 Å². The lowest BCUT2D eigenvalue weighted by Crippen LogP contribution is -2.21. The first-order chi connectivity index (χ1) is 8.60. The Morgan fingerprint density at radius 3 is 2.39 bits per heavy atom. The zero-order valence-electron chi connectivity index (χ0n) is 10.4. The maximum Gasteiger partial charge on any atom is 0.169 e. The van der Waals surface area contributed by atoms with Crippen LogP contribution in [0.2, 0.25) is 10.0 Å². The monoisotopic (exact) mass is 290 g/mol. The Bertz CT molecular complexity index is 401. The van der Waals surface area contributed by atoms with Crippen LogP contribution in [0.1, 0.15) is 30.6 Å². The molecule has 0 saturated carbocycles. The number of hydrogen-bond acceptors (Lipinski definition) is 3. The molecule has 1 rings (SSSR count).